The molecule has 96 valence electrons. The van der Waals surface area contributed by atoms with Crippen LogP contribution in [0.15, 0.2) is 18.2 Å². The van der Waals surface area contributed by atoms with E-state index in [1.165, 1.54) is 0 Å². The first-order chi connectivity index (χ1) is 7.92. The summed E-state index contributed by atoms with van der Waals surface area (Å²) in [6, 6.07) is 6.16. The van der Waals surface area contributed by atoms with Crippen molar-refractivity contribution in [1.82, 2.24) is 0 Å². The Bertz CT molecular complexity index is 356. The Hall–Kier alpha value is -1.22. The molecule has 0 aliphatic heterocycles. The molecule has 0 spiro atoms. The van der Waals surface area contributed by atoms with E-state index < -0.39 is 0 Å². The van der Waals surface area contributed by atoms with Crippen LogP contribution in [0.4, 0.5) is 5.69 Å². The van der Waals surface area contributed by atoms with Crippen LogP contribution in [-0.2, 0) is 0 Å². The van der Waals surface area contributed by atoms with Crippen molar-refractivity contribution in [3.63, 3.8) is 0 Å². The molecule has 3 nitrogen and oxygen atoms in total. The maximum Gasteiger partial charge on any atom is 0.122 e. The number of aryl methyl sites for hydroxylation is 1. The number of nitrogens with two attached hydrogens (primary N) is 1. The summed E-state index contributed by atoms with van der Waals surface area (Å²) < 4.78 is 5.50. The van der Waals surface area contributed by atoms with Crippen molar-refractivity contribution < 1.29 is 4.74 Å². The second-order valence-electron chi connectivity index (χ2n) is 5.08. The molecule has 0 saturated heterocycles. The molecule has 0 unspecified atom stereocenters. The first-order valence-corrected chi connectivity index (χ1v) is 6.18. The Morgan fingerprint density at radius 2 is 2.06 bits per heavy atom. The zero-order chi connectivity index (χ0) is 12.9. The minimum atomic E-state index is -0.118. The zero-order valence-corrected chi connectivity index (χ0v) is 11.3. The number of anilines is 1. The number of ether oxygens (including phenoxy) is 1. The van der Waals surface area contributed by atoms with Gasteiger partial charge in [0.05, 0.1) is 6.61 Å². The third-order valence-electron chi connectivity index (χ3n) is 2.57. The summed E-state index contributed by atoms with van der Waals surface area (Å²) in [5.74, 6) is 0.956. The predicted molar refractivity (Wildman–Crippen MR) is 73.7 cm³/mol. The lowest BCUT2D eigenvalue weighted by Gasteiger charge is -2.19. The molecule has 0 bridgehead atoms. The van der Waals surface area contributed by atoms with E-state index in [1.54, 1.807) is 0 Å². The molecule has 1 aromatic rings. The largest absolute Gasteiger partial charge is 0.494 e. The molecular formula is C14H24N2O. The Morgan fingerprint density at radius 1 is 1.35 bits per heavy atom. The van der Waals surface area contributed by atoms with Gasteiger partial charge in [0, 0.05) is 17.8 Å². The summed E-state index contributed by atoms with van der Waals surface area (Å²) in [5, 5.41) is 3.38. The van der Waals surface area contributed by atoms with E-state index in [2.05, 4.69) is 18.3 Å². The number of hydrogen-bond donors (Lipinski definition) is 2. The number of nitrogens with one attached hydrogen (secondary N) is 1. The summed E-state index contributed by atoms with van der Waals surface area (Å²) in [6.07, 6.45) is 0.944. The van der Waals surface area contributed by atoms with Crippen molar-refractivity contribution in [2.24, 2.45) is 5.73 Å². The molecule has 0 aliphatic rings. The number of rotatable bonds is 6. The quantitative estimate of drug-likeness (QED) is 0.798. The zero-order valence-electron chi connectivity index (χ0n) is 11.3. The lowest BCUT2D eigenvalue weighted by molar-refractivity contribution is 0.338. The first kappa shape index (κ1) is 13.8. The molecule has 3 N–H and O–H groups in total. The Morgan fingerprint density at radius 3 is 2.59 bits per heavy atom. The summed E-state index contributed by atoms with van der Waals surface area (Å²) in [7, 11) is 0. The molecule has 0 heterocycles. The van der Waals surface area contributed by atoms with Gasteiger partial charge in [-0.15, -0.1) is 0 Å². The Balaban J connectivity index is 2.53. The van der Waals surface area contributed by atoms with Gasteiger partial charge in [0.15, 0.2) is 0 Å². The fourth-order valence-corrected chi connectivity index (χ4v) is 1.61. The van der Waals surface area contributed by atoms with Crippen molar-refractivity contribution in [2.75, 3.05) is 18.5 Å². The molecule has 0 amide bonds. The molecule has 0 fully saturated rings. The third kappa shape index (κ3) is 5.09. The van der Waals surface area contributed by atoms with Crippen LogP contribution >= 0.6 is 0 Å². The van der Waals surface area contributed by atoms with E-state index in [4.69, 9.17) is 10.5 Å². The highest BCUT2D eigenvalue weighted by Gasteiger charge is 2.09. The van der Waals surface area contributed by atoms with Crippen molar-refractivity contribution in [2.45, 2.75) is 39.7 Å². The van der Waals surface area contributed by atoms with E-state index in [9.17, 15) is 0 Å². The maximum atomic E-state index is 5.93. The van der Waals surface area contributed by atoms with E-state index >= 15 is 0 Å². The van der Waals surface area contributed by atoms with Crippen LogP contribution < -0.4 is 15.8 Å². The van der Waals surface area contributed by atoms with Gasteiger partial charge in [-0.3, -0.25) is 0 Å². The molecule has 0 radical (unpaired) electrons. The fraction of sp³-hybridized carbons (Fsp3) is 0.571. The molecule has 1 rings (SSSR count). The number of hydrogen-bond acceptors (Lipinski definition) is 3. The normalized spacial score (nSPS) is 11.4. The van der Waals surface area contributed by atoms with Gasteiger partial charge < -0.3 is 15.8 Å². The standard InChI is InChI=1S/C14H24N2O/c1-5-17-13-7-6-12(10-11(13)2)16-9-8-14(3,4)15/h6-7,10,16H,5,8-9,15H2,1-4H3. The molecule has 0 saturated carbocycles. The van der Waals surface area contributed by atoms with Gasteiger partial charge >= 0.3 is 0 Å². The van der Waals surface area contributed by atoms with Crippen molar-refractivity contribution in [1.29, 1.82) is 0 Å². The van der Waals surface area contributed by atoms with Crippen LogP contribution in [0, 0.1) is 6.92 Å². The molecule has 3 heteroatoms. The highest BCUT2D eigenvalue weighted by atomic mass is 16.5. The minimum absolute atomic E-state index is 0.118. The van der Waals surface area contributed by atoms with Gasteiger partial charge in [-0.2, -0.15) is 0 Å². The molecule has 0 aromatic heterocycles. The highest BCUT2D eigenvalue weighted by molar-refractivity contribution is 5.50. The summed E-state index contributed by atoms with van der Waals surface area (Å²) in [6.45, 7) is 9.72. The molecule has 17 heavy (non-hydrogen) atoms. The van der Waals surface area contributed by atoms with Gasteiger partial charge in [0.1, 0.15) is 5.75 Å². The molecular weight excluding hydrogens is 212 g/mol. The Kier molecular flexibility index (Phi) is 4.82. The third-order valence-corrected chi connectivity index (χ3v) is 2.57. The minimum Gasteiger partial charge on any atom is -0.494 e. The smallest absolute Gasteiger partial charge is 0.122 e. The highest BCUT2D eigenvalue weighted by Crippen LogP contribution is 2.22. The van der Waals surface area contributed by atoms with Crippen LogP contribution in [0.2, 0.25) is 0 Å². The second-order valence-corrected chi connectivity index (χ2v) is 5.08. The number of benzene rings is 1. The fourth-order valence-electron chi connectivity index (χ4n) is 1.61. The summed E-state index contributed by atoms with van der Waals surface area (Å²) in [5.41, 5.74) is 8.09. The van der Waals surface area contributed by atoms with Crippen LogP contribution in [-0.4, -0.2) is 18.7 Å². The Labute approximate surface area is 104 Å². The SMILES string of the molecule is CCOc1ccc(NCCC(C)(C)N)cc1C. The van der Waals surface area contributed by atoms with Gasteiger partial charge in [-0.1, -0.05) is 0 Å². The lowest BCUT2D eigenvalue weighted by atomic mass is 10.0. The van der Waals surface area contributed by atoms with E-state index in [0.717, 1.165) is 30.0 Å². The molecule has 0 aliphatic carbocycles. The predicted octanol–water partition coefficient (Wildman–Crippen LogP) is 2.93. The van der Waals surface area contributed by atoms with Gasteiger partial charge in [0.25, 0.3) is 0 Å². The van der Waals surface area contributed by atoms with Crippen molar-refractivity contribution in [3.8, 4) is 5.75 Å². The van der Waals surface area contributed by atoms with Gasteiger partial charge in [-0.05, 0) is 57.9 Å². The van der Waals surface area contributed by atoms with Gasteiger partial charge in [0.2, 0.25) is 0 Å². The van der Waals surface area contributed by atoms with Crippen LogP contribution in [0.25, 0.3) is 0 Å². The van der Waals surface area contributed by atoms with E-state index in [-0.39, 0.29) is 5.54 Å². The maximum absolute atomic E-state index is 5.93. The first-order valence-electron chi connectivity index (χ1n) is 6.18. The topological polar surface area (TPSA) is 47.3 Å². The van der Waals surface area contributed by atoms with Crippen LogP contribution in [0.3, 0.4) is 0 Å². The van der Waals surface area contributed by atoms with Crippen LogP contribution in [0.5, 0.6) is 5.75 Å². The summed E-state index contributed by atoms with van der Waals surface area (Å²) in [4.78, 5) is 0. The van der Waals surface area contributed by atoms with Crippen molar-refractivity contribution in [3.05, 3.63) is 23.8 Å². The molecule has 0 atom stereocenters. The van der Waals surface area contributed by atoms with Gasteiger partial charge in [-0.25, -0.2) is 0 Å². The van der Waals surface area contributed by atoms with E-state index in [0.29, 0.717) is 6.61 Å². The van der Waals surface area contributed by atoms with Crippen molar-refractivity contribution >= 4 is 5.69 Å². The van der Waals surface area contributed by atoms with E-state index in [1.807, 2.05) is 32.9 Å². The second kappa shape index (κ2) is 5.92. The molecule has 1 aromatic carbocycles. The average Bonchev–Trinajstić information content (AvgIpc) is 2.20. The van der Waals surface area contributed by atoms with Crippen LogP contribution in [0.1, 0.15) is 32.8 Å². The summed E-state index contributed by atoms with van der Waals surface area (Å²) >= 11 is 0. The lowest BCUT2D eigenvalue weighted by Crippen LogP contribution is -2.34. The monoisotopic (exact) mass is 236 g/mol. The average molecular weight is 236 g/mol.